The fourth-order valence-electron chi connectivity index (χ4n) is 7.82. The first-order valence-electron chi connectivity index (χ1n) is 15.6. The first kappa shape index (κ1) is 24.9. The van der Waals surface area contributed by atoms with E-state index in [0.29, 0.717) is 17.9 Å². The largest absolute Gasteiger partial charge is 0.379 e. The highest BCUT2D eigenvalue weighted by atomic mass is 14.9. The first-order chi connectivity index (χ1) is 20.3. The molecule has 3 unspecified atom stereocenters. The Balaban J connectivity index is 0.900. The summed E-state index contributed by atoms with van der Waals surface area (Å²) < 4.78 is 0. The van der Waals surface area contributed by atoms with Gasteiger partial charge in [-0.1, -0.05) is 90.1 Å². The highest BCUT2D eigenvalue weighted by Crippen LogP contribution is 2.49. The van der Waals surface area contributed by atoms with Gasteiger partial charge in [-0.3, -0.25) is 4.98 Å². The summed E-state index contributed by atoms with van der Waals surface area (Å²) in [5.74, 6) is 1.82. The van der Waals surface area contributed by atoms with E-state index in [0.717, 1.165) is 31.6 Å². The van der Waals surface area contributed by atoms with Crippen LogP contribution in [0.3, 0.4) is 0 Å². The predicted octanol–water partition coefficient (Wildman–Crippen LogP) is 7.35. The van der Waals surface area contributed by atoms with Gasteiger partial charge in [0.25, 0.3) is 0 Å². The van der Waals surface area contributed by atoms with Crippen LogP contribution in [0.4, 0.5) is 0 Å². The lowest BCUT2D eigenvalue weighted by Gasteiger charge is -2.28. The Morgan fingerprint density at radius 1 is 0.878 bits per heavy atom. The van der Waals surface area contributed by atoms with Crippen molar-refractivity contribution in [3.05, 3.63) is 141 Å². The first-order valence-corrected chi connectivity index (χ1v) is 15.6. The molecular formula is C39H38N2. The summed E-state index contributed by atoms with van der Waals surface area (Å²) in [6.07, 6.45) is 37.5. The zero-order valence-electron chi connectivity index (χ0n) is 23.7. The Hall–Kier alpha value is -3.91. The van der Waals surface area contributed by atoms with Crippen LogP contribution in [0.5, 0.6) is 0 Å². The van der Waals surface area contributed by atoms with Gasteiger partial charge in [0, 0.05) is 36.0 Å². The summed E-state index contributed by atoms with van der Waals surface area (Å²) in [5.41, 5.74) is 11.9. The molecule has 0 amide bonds. The SMILES string of the molecule is C1=CC2=CC3=C(C[C@@H]2CCC1)C1CC=C(NC2C=CC(c4ccc(C5C=c6cnccc6=CC5)cc4)=CC2)C=C1C3. The molecule has 1 aromatic carbocycles. The molecule has 41 heavy (non-hydrogen) atoms. The smallest absolute Gasteiger partial charge is 0.0482 e. The predicted molar refractivity (Wildman–Crippen MR) is 170 cm³/mol. The second-order valence-corrected chi connectivity index (χ2v) is 12.6. The summed E-state index contributed by atoms with van der Waals surface area (Å²) in [6, 6.07) is 11.6. The Labute approximate surface area is 243 Å². The summed E-state index contributed by atoms with van der Waals surface area (Å²) in [4.78, 5) is 4.30. The molecule has 1 N–H and O–H groups in total. The average molecular weight is 535 g/mol. The third-order valence-corrected chi connectivity index (χ3v) is 10.1. The Bertz CT molecular complexity index is 1720. The Kier molecular flexibility index (Phi) is 6.36. The molecule has 2 aromatic rings. The minimum atomic E-state index is 0.349. The van der Waals surface area contributed by atoms with E-state index in [1.165, 1.54) is 58.5 Å². The number of pyridine rings is 1. The Morgan fingerprint density at radius 3 is 2.73 bits per heavy atom. The molecule has 1 heterocycles. The number of allylic oxidation sites excluding steroid dienone is 11. The number of nitrogens with one attached hydrogen (secondary N) is 1. The van der Waals surface area contributed by atoms with Crippen LogP contribution in [0.2, 0.25) is 0 Å². The van der Waals surface area contributed by atoms with Crippen LogP contribution in [0.1, 0.15) is 68.4 Å². The van der Waals surface area contributed by atoms with Crippen molar-refractivity contribution in [1.29, 1.82) is 0 Å². The second kappa shape index (κ2) is 10.5. The molecule has 8 rings (SSSR count). The monoisotopic (exact) mass is 534 g/mol. The Morgan fingerprint density at radius 2 is 1.83 bits per heavy atom. The average Bonchev–Trinajstić information content (AvgIpc) is 3.20. The maximum Gasteiger partial charge on any atom is 0.0482 e. The maximum atomic E-state index is 4.30. The molecule has 204 valence electrons. The van der Waals surface area contributed by atoms with Gasteiger partial charge in [0.05, 0.1) is 0 Å². The molecule has 0 aliphatic heterocycles. The van der Waals surface area contributed by atoms with Gasteiger partial charge in [-0.25, -0.2) is 0 Å². The van der Waals surface area contributed by atoms with Crippen molar-refractivity contribution in [3.8, 4) is 0 Å². The third-order valence-electron chi connectivity index (χ3n) is 10.1. The number of benzene rings is 1. The van der Waals surface area contributed by atoms with Crippen LogP contribution < -0.4 is 15.8 Å². The molecule has 1 aromatic heterocycles. The van der Waals surface area contributed by atoms with Crippen LogP contribution in [0, 0.1) is 11.8 Å². The molecule has 6 aliphatic rings. The number of aromatic nitrogens is 1. The number of nitrogens with zero attached hydrogens (tertiary/aromatic N) is 1. The minimum Gasteiger partial charge on any atom is -0.379 e. The lowest BCUT2D eigenvalue weighted by Crippen LogP contribution is -2.28. The molecular weight excluding hydrogens is 496 g/mol. The summed E-state index contributed by atoms with van der Waals surface area (Å²) in [6.45, 7) is 0. The van der Waals surface area contributed by atoms with Gasteiger partial charge in [0.2, 0.25) is 0 Å². The summed E-state index contributed by atoms with van der Waals surface area (Å²) >= 11 is 0. The molecule has 6 aliphatic carbocycles. The second-order valence-electron chi connectivity index (χ2n) is 12.6. The van der Waals surface area contributed by atoms with Crippen molar-refractivity contribution >= 4 is 17.7 Å². The summed E-state index contributed by atoms with van der Waals surface area (Å²) in [5, 5.41) is 6.38. The molecule has 2 nitrogen and oxygen atoms in total. The van der Waals surface area contributed by atoms with Crippen LogP contribution in [0.25, 0.3) is 17.7 Å². The van der Waals surface area contributed by atoms with Crippen LogP contribution in [-0.2, 0) is 0 Å². The lowest BCUT2D eigenvalue weighted by atomic mass is 9.78. The van der Waals surface area contributed by atoms with E-state index in [1.807, 2.05) is 12.4 Å². The highest BCUT2D eigenvalue weighted by molar-refractivity contribution is 5.75. The number of hydrogen-bond donors (Lipinski definition) is 1. The normalized spacial score (nSPS) is 27.9. The van der Waals surface area contributed by atoms with Crippen LogP contribution in [0.15, 0.2) is 119 Å². The quantitative estimate of drug-likeness (QED) is 0.444. The zero-order chi connectivity index (χ0) is 27.2. The van der Waals surface area contributed by atoms with Crippen molar-refractivity contribution in [2.45, 2.75) is 63.3 Å². The van der Waals surface area contributed by atoms with Gasteiger partial charge < -0.3 is 5.32 Å². The van der Waals surface area contributed by atoms with Gasteiger partial charge in [-0.05, 0) is 108 Å². The molecule has 4 atom stereocenters. The van der Waals surface area contributed by atoms with Crippen molar-refractivity contribution in [2.75, 3.05) is 0 Å². The van der Waals surface area contributed by atoms with Gasteiger partial charge in [0.15, 0.2) is 0 Å². The standard InChI is InChI=1S/C39H38N2/c1-2-4-30-20-33-22-34-23-37(16-17-38(34)39(33)24-31(30)5-3-1)41-36-14-12-27(13-15-36)26-6-8-28(9-7-26)32-11-10-29-18-19-40-25-35(29)21-32/h2,4,6-10,12-14,16,18-21,23,25,31-32,36,38,41H,1,3,5,11,15,17,22,24H2/t31-,32?,36?,38?/m0/s1. The molecule has 0 saturated heterocycles. The van der Waals surface area contributed by atoms with Gasteiger partial charge in [-0.2, -0.15) is 0 Å². The lowest BCUT2D eigenvalue weighted by molar-refractivity contribution is 0.519. The van der Waals surface area contributed by atoms with Crippen molar-refractivity contribution in [1.82, 2.24) is 10.3 Å². The van der Waals surface area contributed by atoms with Crippen molar-refractivity contribution < 1.29 is 0 Å². The van der Waals surface area contributed by atoms with Crippen LogP contribution >= 0.6 is 0 Å². The molecule has 2 heteroatoms. The van der Waals surface area contributed by atoms with Crippen molar-refractivity contribution in [3.63, 3.8) is 0 Å². The number of hydrogen-bond acceptors (Lipinski definition) is 2. The molecule has 0 radical (unpaired) electrons. The van der Waals surface area contributed by atoms with Crippen LogP contribution in [-0.4, -0.2) is 11.0 Å². The van der Waals surface area contributed by atoms with Crippen molar-refractivity contribution in [2.24, 2.45) is 11.8 Å². The third kappa shape index (κ3) is 4.84. The summed E-state index contributed by atoms with van der Waals surface area (Å²) in [7, 11) is 0. The van der Waals surface area contributed by atoms with Gasteiger partial charge in [-0.15, -0.1) is 0 Å². The van der Waals surface area contributed by atoms with E-state index >= 15 is 0 Å². The molecule has 0 fully saturated rings. The number of rotatable bonds is 4. The molecule has 0 spiro atoms. The van der Waals surface area contributed by atoms with E-state index < -0.39 is 0 Å². The van der Waals surface area contributed by atoms with E-state index in [9.17, 15) is 0 Å². The molecule has 0 saturated carbocycles. The van der Waals surface area contributed by atoms with E-state index in [2.05, 4.69) is 101 Å². The van der Waals surface area contributed by atoms with Gasteiger partial charge >= 0.3 is 0 Å². The fraction of sp³-hybridized carbons (Fsp3) is 0.308. The van der Waals surface area contributed by atoms with Gasteiger partial charge in [0.1, 0.15) is 0 Å². The fourth-order valence-corrected chi connectivity index (χ4v) is 7.82. The minimum absolute atomic E-state index is 0.349. The van der Waals surface area contributed by atoms with E-state index in [1.54, 1.807) is 22.3 Å². The van der Waals surface area contributed by atoms with E-state index in [4.69, 9.17) is 0 Å². The topological polar surface area (TPSA) is 24.9 Å². The number of fused-ring (bicyclic) bond motifs is 4. The highest BCUT2D eigenvalue weighted by Gasteiger charge is 2.35. The van der Waals surface area contributed by atoms with E-state index in [-0.39, 0.29) is 0 Å². The maximum absolute atomic E-state index is 4.30. The molecule has 0 bridgehead atoms. The zero-order valence-corrected chi connectivity index (χ0v) is 23.7.